The Bertz CT molecular complexity index is 1430. The van der Waals surface area contributed by atoms with Crippen LogP contribution in [0.2, 0.25) is 0 Å². The molecule has 4 atom stereocenters. The molecule has 22 heteroatoms. The smallest absolute Gasteiger partial charge is 0.249 e. The van der Waals surface area contributed by atoms with Gasteiger partial charge in [-0.15, -0.1) is 0 Å². The fraction of sp³-hybridized carbons (Fsp3) is 0.636. The zero-order chi connectivity index (χ0) is 41.2. The molecule has 0 aromatic rings. The summed E-state index contributed by atoms with van der Waals surface area (Å²) < 4.78 is 0. The molecule has 55 heavy (non-hydrogen) atoms. The molecule has 20 nitrogen and oxygen atoms in total. The summed E-state index contributed by atoms with van der Waals surface area (Å²) in [6.07, 6.45) is 2.32. The Hall–Kier alpha value is -4.86. The van der Waals surface area contributed by atoms with E-state index < -0.39 is 82.7 Å². The fourth-order valence-corrected chi connectivity index (χ4v) is 6.75. The van der Waals surface area contributed by atoms with Crippen molar-refractivity contribution >= 4 is 94.4 Å². The zero-order valence-electron chi connectivity index (χ0n) is 31.1. The Balaban J connectivity index is 1.83. The largest absolute Gasteiger partial charge is 0.356 e. The van der Waals surface area contributed by atoms with Crippen LogP contribution in [0.15, 0.2) is 0 Å². The Kier molecular flexibility index (Phi) is 19.5. The molecule has 0 radical (unpaired) electrons. The van der Waals surface area contributed by atoms with Gasteiger partial charge in [0.1, 0.15) is 12.1 Å². The summed E-state index contributed by atoms with van der Waals surface area (Å²) in [5.74, 6) is -7.39. The van der Waals surface area contributed by atoms with Crippen LogP contribution in [0.25, 0.3) is 0 Å². The summed E-state index contributed by atoms with van der Waals surface area (Å²) in [4.78, 5) is 150. The van der Waals surface area contributed by atoms with Gasteiger partial charge >= 0.3 is 0 Å². The lowest BCUT2D eigenvalue weighted by Gasteiger charge is -2.19. The van der Waals surface area contributed by atoms with Crippen molar-refractivity contribution in [3.63, 3.8) is 0 Å². The normalized spacial score (nSPS) is 17.7. The van der Waals surface area contributed by atoms with Gasteiger partial charge in [0.2, 0.25) is 70.9 Å². The van der Waals surface area contributed by atoms with Crippen molar-refractivity contribution in [1.29, 1.82) is 0 Å². The van der Waals surface area contributed by atoms with E-state index in [9.17, 15) is 57.5 Å². The highest BCUT2D eigenvalue weighted by atomic mass is 32.2. The molecular weight excluding hydrogens is 765 g/mol. The number of amides is 12. The molecule has 2 aliphatic rings. The lowest BCUT2D eigenvalue weighted by atomic mass is 10.1. The third-order valence-electron chi connectivity index (χ3n) is 8.22. The maximum absolute atomic E-state index is 12.7. The van der Waals surface area contributed by atoms with Crippen LogP contribution in [0.5, 0.6) is 0 Å². The average Bonchev–Trinajstić information content (AvgIpc) is 3.54. The Morgan fingerprint density at radius 3 is 1.27 bits per heavy atom. The minimum atomic E-state index is -1.46. The number of likely N-dealkylation sites (tertiary alicyclic amines) is 2. The van der Waals surface area contributed by atoms with Gasteiger partial charge in [0.05, 0.1) is 23.3 Å². The number of carbonyl (C=O) groups excluding carboxylic acids is 12. The lowest BCUT2D eigenvalue weighted by molar-refractivity contribution is -0.139. The number of nitrogens with zero attached hydrogens (tertiary/aromatic N) is 2. The van der Waals surface area contributed by atoms with E-state index in [0.29, 0.717) is 0 Å². The number of thioether (sulfide) groups is 2. The molecule has 0 spiro atoms. The first kappa shape index (κ1) is 46.3. The third kappa shape index (κ3) is 15.8. The Labute approximate surface area is 325 Å². The van der Waals surface area contributed by atoms with Crippen molar-refractivity contribution in [3.8, 4) is 0 Å². The van der Waals surface area contributed by atoms with Crippen molar-refractivity contribution in [2.75, 3.05) is 38.7 Å². The molecule has 12 amide bonds. The zero-order valence-corrected chi connectivity index (χ0v) is 32.7. The van der Waals surface area contributed by atoms with Crippen molar-refractivity contribution in [2.45, 2.75) is 94.2 Å². The van der Waals surface area contributed by atoms with E-state index in [2.05, 4.69) is 21.3 Å². The van der Waals surface area contributed by atoms with Gasteiger partial charge in [0.15, 0.2) is 0 Å². The number of nitrogens with one attached hydrogen (secondary N) is 6. The minimum Gasteiger partial charge on any atom is -0.356 e. The van der Waals surface area contributed by atoms with E-state index in [4.69, 9.17) is 0 Å². The molecule has 0 aromatic heterocycles. The summed E-state index contributed by atoms with van der Waals surface area (Å²) in [5, 5.41) is 12.9. The van der Waals surface area contributed by atoms with Crippen molar-refractivity contribution < 1.29 is 57.5 Å². The van der Waals surface area contributed by atoms with Crippen LogP contribution in [0.1, 0.15) is 71.6 Å². The number of carbonyl (C=O) groups is 12. The van der Waals surface area contributed by atoms with Crippen LogP contribution >= 0.6 is 23.5 Å². The van der Waals surface area contributed by atoms with E-state index in [1.54, 1.807) is 12.5 Å². The second-order valence-electron chi connectivity index (χ2n) is 12.6. The average molecular weight is 813 g/mol. The molecule has 2 rings (SSSR count). The van der Waals surface area contributed by atoms with Gasteiger partial charge in [-0.25, -0.2) is 0 Å². The Morgan fingerprint density at radius 1 is 0.600 bits per heavy atom. The summed E-state index contributed by atoms with van der Waals surface area (Å²) in [6.45, 7) is 2.42. The molecule has 2 saturated heterocycles. The van der Waals surface area contributed by atoms with Crippen LogP contribution in [-0.2, 0) is 57.5 Å². The van der Waals surface area contributed by atoms with Gasteiger partial charge in [-0.05, 0) is 31.8 Å². The third-order valence-corrected chi connectivity index (χ3v) is 10.1. The van der Waals surface area contributed by atoms with Crippen LogP contribution in [0.3, 0.4) is 0 Å². The topological polar surface area (TPSA) is 284 Å². The molecule has 0 aliphatic carbocycles. The second-order valence-corrected chi connectivity index (χ2v) is 14.7. The molecule has 2 aliphatic heterocycles. The first-order valence-corrected chi connectivity index (χ1v) is 20.0. The standard InChI is InChI=1S/C33H48N8O12S2/c1-18(42)36-30(50)20(14-26(46)34-10-6-12-40-28(48)16-22(54-3)32(40)52)38-24(44)8-5-9-25(45)39-21(31(51)37-19(2)43)15-27(47)35-11-7-13-41-29(49)17-23(55-4)33(41)53/h20-23H,5-17H2,1-4H3,(H,34,46)(H,35,47)(H,38,44)(H,39,45)(H,36,42,50)(H,37,43,51). The quantitative estimate of drug-likeness (QED) is 0.0477. The Morgan fingerprint density at radius 2 is 0.964 bits per heavy atom. The number of hydrogen-bond donors (Lipinski definition) is 6. The molecule has 4 unspecified atom stereocenters. The van der Waals surface area contributed by atoms with Gasteiger partial charge in [-0.2, -0.15) is 23.5 Å². The minimum absolute atomic E-state index is 0.0545. The van der Waals surface area contributed by atoms with Gasteiger partial charge < -0.3 is 21.3 Å². The van der Waals surface area contributed by atoms with E-state index in [1.165, 1.54) is 23.5 Å². The highest BCUT2D eigenvalue weighted by Gasteiger charge is 2.38. The van der Waals surface area contributed by atoms with Crippen molar-refractivity contribution in [3.05, 3.63) is 0 Å². The van der Waals surface area contributed by atoms with E-state index in [0.717, 1.165) is 23.6 Å². The van der Waals surface area contributed by atoms with Crippen LogP contribution < -0.4 is 31.9 Å². The van der Waals surface area contributed by atoms with Gasteiger partial charge in [-0.1, -0.05) is 0 Å². The molecule has 2 fully saturated rings. The van der Waals surface area contributed by atoms with Crippen molar-refractivity contribution in [2.24, 2.45) is 0 Å². The fourth-order valence-electron chi connectivity index (χ4n) is 5.47. The van der Waals surface area contributed by atoms with Gasteiger partial charge in [0.25, 0.3) is 0 Å². The predicted molar refractivity (Wildman–Crippen MR) is 197 cm³/mol. The monoisotopic (exact) mass is 812 g/mol. The lowest BCUT2D eigenvalue weighted by Crippen LogP contribution is -2.50. The summed E-state index contributed by atoms with van der Waals surface area (Å²) in [6, 6.07) is -2.92. The molecule has 304 valence electrons. The first-order chi connectivity index (χ1) is 26.0. The SMILES string of the molecule is CSC1CC(=O)N(CCCNC(=O)CC(NC(=O)CCCC(=O)NC(CC(=O)NCCCN2C(=O)CC(SC)C2=O)C(=O)NC(C)=O)C(=O)NC(C)=O)C1=O. The highest BCUT2D eigenvalue weighted by Crippen LogP contribution is 2.24. The maximum Gasteiger partial charge on any atom is 0.249 e. The predicted octanol–water partition coefficient (Wildman–Crippen LogP) is -2.77. The highest BCUT2D eigenvalue weighted by molar-refractivity contribution is 8.00. The van der Waals surface area contributed by atoms with Crippen molar-refractivity contribution in [1.82, 2.24) is 41.7 Å². The van der Waals surface area contributed by atoms with Crippen LogP contribution in [0.4, 0.5) is 0 Å². The summed E-state index contributed by atoms with van der Waals surface area (Å²) >= 11 is 2.56. The first-order valence-electron chi connectivity index (χ1n) is 17.5. The molecular formula is C33H48N8O12S2. The van der Waals surface area contributed by atoms with E-state index in [-0.39, 0.29) is 94.8 Å². The molecule has 6 N–H and O–H groups in total. The molecule has 2 heterocycles. The van der Waals surface area contributed by atoms with E-state index in [1.807, 2.05) is 10.6 Å². The number of rotatable bonds is 22. The molecule has 0 aromatic carbocycles. The molecule has 0 saturated carbocycles. The second kappa shape index (κ2) is 23.1. The summed E-state index contributed by atoms with van der Waals surface area (Å²) in [5.41, 5.74) is 0. The van der Waals surface area contributed by atoms with Crippen LogP contribution in [-0.4, -0.2) is 142 Å². The number of imide groups is 4. The van der Waals surface area contributed by atoms with Gasteiger partial charge in [0, 0.05) is 65.7 Å². The maximum atomic E-state index is 12.7. The van der Waals surface area contributed by atoms with Crippen LogP contribution in [0, 0.1) is 0 Å². The number of hydrogen-bond acceptors (Lipinski definition) is 14. The molecule has 0 bridgehead atoms. The summed E-state index contributed by atoms with van der Waals surface area (Å²) in [7, 11) is 0. The van der Waals surface area contributed by atoms with E-state index >= 15 is 0 Å². The van der Waals surface area contributed by atoms with Gasteiger partial charge in [-0.3, -0.25) is 78.0 Å².